The average molecular weight is 376 g/mol. The molecule has 7 nitrogen and oxygen atoms in total. The number of carboxylic acids is 1. The summed E-state index contributed by atoms with van der Waals surface area (Å²) in [4.78, 5) is 33.9. The Kier molecular flexibility index (Phi) is 4.71. The smallest absolute Gasteiger partial charge is 0.416 e. The summed E-state index contributed by atoms with van der Waals surface area (Å²) in [6.07, 6.45) is -4.92. The number of non-ortho nitro benzene ring substituents is 1. The third kappa shape index (κ3) is 3.55. The van der Waals surface area contributed by atoms with E-state index in [-0.39, 0.29) is 15.7 Å². The number of rotatable bonds is 4. The number of hydrogen-bond donors (Lipinski definition) is 2. The fourth-order valence-electron chi connectivity index (χ4n) is 2.14. The predicted octanol–water partition coefficient (Wildman–Crippen LogP) is 3.71. The molecule has 0 fully saturated rings. The van der Waals surface area contributed by atoms with E-state index in [1.807, 2.05) is 0 Å². The first kappa shape index (κ1) is 18.6. The van der Waals surface area contributed by atoms with Gasteiger partial charge < -0.3 is 10.4 Å². The summed E-state index contributed by atoms with van der Waals surface area (Å²) in [6.45, 7) is 3.29. The summed E-state index contributed by atoms with van der Waals surface area (Å²) < 4.78 is 38.5. The first-order valence-electron chi connectivity index (χ1n) is 6.79. The van der Waals surface area contributed by atoms with Crippen molar-refractivity contribution >= 4 is 38.1 Å². The van der Waals surface area contributed by atoms with Crippen LogP contribution in [-0.4, -0.2) is 22.0 Å². The lowest BCUT2D eigenvalue weighted by Crippen LogP contribution is -2.21. The van der Waals surface area contributed by atoms with Crippen molar-refractivity contribution in [2.75, 3.05) is 5.32 Å². The molecule has 1 heterocycles. The largest absolute Gasteiger partial charge is 0.477 e. The zero-order chi connectivity index (χ0) is 19.1. The van der Waals surface area contributed by atoms with Crippen LogP contribution in [0.2, 0.25) is 0 Å². The van der Waals surface area contributed by atoms with E-state index in [0.717, 1.165) is 0 Å². The van der Waals surface area contributed by atoms with Crippen LogP contribution < -0.4 is 10.7 Å². The number of nitrogens with zero attached hydrogens (tertiary/aromatic N) is 1. The predicted molar refractivity (Wildman–Crippen MR) is 85.5 cm³/mol. The number of fused-ring (bicyclic) bond motifs is 1. The summed E-state index contributed by atoms with van der Waals surface area (Å²) >= 11 is 0.558. The number of aromatic carboxylic acids is 1. The molecule has 0 saturated carbocycles. The van der Waals surface area contributed by atoms with E-state index in [1.54, 1.807) is 13.8 Å². The van der Waals surface area contributed by atoms with Gasteiger partial charge in [-0.05, 0) is 19.9 Å². The van der Waals surface area contributed by atoms with Crippen molar-refractivity contribution in [3.05, 3.63) is 43.6 Å². The van der Waals surface area contributed by atoms with Gasteiger partial charge >= 0.3 is 12.1 Å². The maximum atomic E-state index is 13.0. The molecule has 2 aromatic rings. The van der Waals surface area contributed by atoms with Crippen LogP contribution in [0.25, 0.3) is 10.1 Å². The van der Waals surface area contributed by atoms with Crippen LogP contribution in [0.1, 0.15) is 29.8 Å². The van der Waals surface area contributed by atoms with Gasteiger partial charge in [-0.3, -0.25) is 14.9 Å². The third-order valence-electron chi connectivity index (χ3n) is 3.13. The highest BCUT2D eigenvalue weighted by molar-refractivity contribution is 7.22. The van der Waals surface area contributed by atoms with Crippen molar-refractivity contribution in [1.29, 1.82) is 0 Å². The minimum absolute atomic E-state index is 0.150. The molecule has 25 heavy (non-hydrogen) atoms. The van der Waals surface area contributed by atoms with Crippen molar-refractivity contribution < 1.29 is 28.0 Å². The van der Waals surface area contributed by atoms with Gasteiger partial charge in [0.1, 0.15) is 15.3 Å². The van der Waals surface area contributed by atoms with Crippen LogP contribution in [0.4, 0.5) is 23.9 Å². The third-order valence-corrected chi connectivity index (χ3v) is 4.29. The van der Waals surface area contributed by atoms with Gasteiger partial charge in [-0.25, -0.2) is 4.79 Å². The van der Waals surface area contributed by atoms with Crippen LogP contribution in [0.3, 0.4) is 0 Å². The molecule has 0 aliphatic rings. The molecule has 0 radical (unpaired) electrons. The van der Waals surface area contributed by atoms with E-state index in [1.165, 1.54) is 0 Å². The summed E-state index contributed by atoms with van der Waals surface area (Å²) in [5.41, 5.74) is -4.26. The number of nitro groups is 1. The quantitative estimate of drug-likeness (QED) is 0.622. The van der Waals surface area contributed by atoms with Crippen LogP contribution in [-0.2, 0) is 6.18 Å². The molecule has 1 aromatic heterocycles. The van der Waals surface area contributed by atoms with Crippen LogP contribution in [0.15, 0.2) is 16.9 Å². The van der Waals surface area contributed by atoms with Gasteiger partial charge in [-0.2, -0.15) is 13.2 Å². The van der Waals surface area contributed by atoms with E-state index in [0.29, 0.717) is 23.5 Å². The molecule has 0 aliphatic heterocycles. The number of anilines is 1. The Hall–Kier alpha value is -2.69. The lowest BCUT2D eigenvalue weighted by Gasteiger charge is -2.13. The minimum Gasteiger partial charge on any atom is -0.477 e. The van der Waals surface area contributed by atoms with E-state index in [2.05, 4.69) is 5.32 Å². The molecule has 0 atom stereocenters. The molecular formula is C14H11F3N2O5S. The fourth-order valence-corrected chi connectivity index (χ4v) is 3.42. The van der Waals surface area contributed by atoms with Gasteiger partial charge in [0.05, 0.1) is 10.5 Å². The number of alkyl halides is 3. The normalized spacial score (nSPS) is 11.8. The Balaban J connectivity index is 3.01. The zero-order valence-electron chi connectivity index (χ0n) is 12.8. The first-order chi connectivity index (χ1) is 11.4. The van der Waals surface area contributed by atoms with Crippen molar-refractivity contribution in [3.63, 3.8) is 0 Å². The summed E-state index contributed by atoms with van der Waals surface area (Å²) in [7, 11) is 0. The topological polar surface area (TPSA) is 110 Å². The molecule has 11 heteroatoms. The summed E-state index contributed by atoms with van der Waals surface area (Å²) in [5, 5.41) is 22.3. The van der Waals surface area contributed by atoms with E-state index in [4.69, 9.17) is 0 Å². The van der Waals surface area contributed by atoms with Crippen molar-refractivity contribution in [2.24, 2.45) is 0 Å². The molecule has 0 amide bonds. The number of benzene rings is 1. The summed E-state index contributed by atoms with van der Waals surface area (Å²) in [5.74, 6) is -1.63. The van der Waals surface area contributed by atoms with Gasteiger partial charge in [0.2, 0.25) is 5.43 Å². The van der Waals surface area contributed by atoms with Crippen LogP contribution in [0.5, 0.6) is 0 Å². The molecule has 0 unspecified atom stereocenters. The number of nitro benzene ring substituents is 1. The van der Waals surface area contributed by atoms with Crippen molar-refractivity contribution in [1.82, 2.24) is 0 Å². The van der Waals surface area contributed by atoms with Crippen LogP contribution in [0, 0.1) is 10.1 Å². The second kappa shape index (κ2) is 6.31. The molecule has 0 bridgehead atoms. The highest BCUT2D eigenvalue weighted by Crippen LogP contribution is 2.39. The number of hydrogen-bond acceptors (Lipinski definition) is 6. The Bertz CT molecular complexity index is 937. The molecule has 2 N–H and O–H groups in total. The molecular weight excluding hydrogens is 365 g/mol. The SMILES string of the molecule is CC(C)Nc1sc2c([N+](=O)[O-])cc(C(F)(F)F)cc2c(=O)c1C(=O)O. The summed E-state index contributed by atoms with van der Waals surface area (Å²) in [6, 6.07) is 0.463. The van der Waals surface area contributed by atoms with E-state index < -0.39 is 44.7 Å². The maximum absolute atomic E-state index is 13.0. The van der Waals surface area contributed by atoms with Gasteiger partial charge in [0.15, 0.2) is 0 Å². The Morgan fingerprint density at radius 2 is 1.96 bits per heavy atom. The van der Waals surface area contributed by atoms with Crippen molar-refractivity contribution in [2.45, 2.75) is 26.1 Å². The van der Waals surface area contributed by atoms with Gasteiger partial charge in [0.25, 0.3) is 5.69 Å². The van der Waals surface area contributed by atoms with Gasteiger partial charge in [-0.1, -0.05) is 0 Å². The number of halogens is 3. The lowest BCUT2D eigenvalue weighted by atomic mass is 10.1. The number of carboxylic acid groups (broad SMARTS) is 1. The maximum Gasteiger partial charge on any atom is 0.416 e. The fraction of sp³-hybridized carbons (Fsp3) is 0.286. The van der Waals surface area contributed by atoms with Gasteiger partial charge in [0, 0.05) is 17.5 Å². The number of carbonyl (C=O) groups is 1. The number of nitrogens with one attached hydrogen (secondary N) is 1. The molecule has 1 aromatic carbocycles. The van der Waals surface area contributed by atoms with E-state index >= 15 is 0 Å². The standard InChI is InChI=1S/C14H11F3N2O5S/c1-5(2)18-12-9(13(21)22)10(20)7-3-6(14(15,16)17)4-8(19(23)24)11(7)25-12/h3-5,18H,1-2H3,(H,21,22). The highest BCUT2D eigenvalue weighted by Gasteiger charge is 2.35. The Morgan fingerprint density at radius 3 is 2.40 bits per heavy atom. The average Bonchev–Trinajstić information content (AvgIpc) is 2.44. The molecule has 0 spiro atoms. The zero-order valence-corrected chi connectivity index (χ0v) is 13.6. The van der Waals surface area contributed by atoms with Gasteiger partial charge in [-0.15, -0.1) is 11.3 Å². The Morgan fingerprint density at radius 1 is 1.36 bits per heavy atom. The van der Waals surface area contributed by atoms with E-state index in [9.17, 15) is 38.0 Å². The Labute approximate surface area is 141 Å². The lowest BCUT2D eigenvalue weighted by molar-refractivity contribution is -0.383. The highest BCUT2D eigenvalue weighted by atomic mass is 32.1. The molecule has 134 valence electrons. The molecule has 2 rings (SSSR count). The van der Waals surface area contributed by atoms with Crippen molar-refractivity contribution in [3.8, 4) is 0 Å². The molecule has 0 aliphatic carbocycles. The first-order valence-corrected chi connectivity index (χ1v) is 7.61. The second-order valence-electron chi connectivity index (χ2n) is 5.37. The molecule has 0 saturated heterocycles. The van der Waals surface area contributed by atoms with Crippen LogP contribution >= 0.6 is 11.3 Å². The second-order valence-corrected chi connectivity index (χ2v) is 6.39. The monoisotopic (exact) mass is 376 g/mol. The minimum atomic E-state index is -4.92.